The van der Waals surface area contributed by atoms with E-state index in [1.165, 1.54) is 23.3 Å². The number of rotatable bonds is 9. The molecule has 12 heteroatoms. The van der Waals surface area contributed by atoms with E-state index in [1.807, 2.05) is 26.0 Å². The number of nitrogens with two attached hydrogens (primary N) is 1. The second kappa shape index (κ2) is 11.0. The highest BCUT2D eigenvalue weighted by molar-refractivity contribution is 7.21. The Bertz CT molecular complexity index is 1840. The minimum absolute atomic E-state index is 0.0222. The highest BCUT2D eigenvalue weighted by Crippen LogP contribution is 2.43. The van der Waals surface area contributed by atoms with E-state index in [0.717, 1.165) is 42.0 Å². The Kier molecular flexibility index (Phi) is 7.23. The Labute approximate surface area is 243 Å². The molecule has 6 rings (SSSR count). The Morgan fingerprint density at radius 3 is 2.71 bits per heavy atom. The second-order valence-corrected chi connectivity index (χ2v) is 11.0. The summed E-state index contributed by atoms with van der Waals surface area (Å²) >= 11 is 0.836. The van der Waals surface area contributed by atoms with Gasteiger partial charge in [0.15, 0.2) is 5.76 Å². The predicted molar refractivity (Wildman–Crippen MR) is 154 cm³/mol. The van der Waals surface area contributed by atoms with Crippen LogP contribution in [0.3, 0.4) is 0 Å². The van der Waals surface area contributed by atoms with Gasteiger partial charge in [-0.25, -0.2) is 13.8 Å². The summed E-state index contributed by atoms with van der Waals surface area (Å²) in [6, 6.07) is 10.4. The number of hydrogen-bond acceptors (Lipinski definition) is 7. The number of carbonyl (C=O) groups excluding carboxylic acids is 2. The lowest BCUT2D eigenvalue weighted by molar-refractivity contribution is 0.0992. The molecule has 0 bridgehead atoms. The first kappa shape index (κ1) is 27.6. The second-order valence-electron chi connectivity index (χ2n) is 10.00. The highest BCUT2D eigenvalue weighted by Gasteiger charge is 2.27. The zero-order valence-corrected chi connectivity index (χ0v) is 23.7. The van der Waals surface area contributed by atoms with Gasteiger partial charge >= 0.3 is 0 Å². The molecule has 42 heavy (non-hydrogen) atoms. The molecule has 1 aliphatic carbocycles. The van der Waals surface area contributed by atoms with E-state index in [1.54, 1.807) is 16.9 Å². The molecule has 0 atom stereocenters. The number of halogens is 2. The Balaban J connectivity index is 1.32. The van der Waals surface area contributed by atoms with Crippen molar-refractivity contribution in [2.45, 2.75) is 52.7 Å². The fourth-order valence-electron chi connectivity index (χ4n) is 5.31. The number of thiophene rings is 1. The van der Waals surface area contributed by atoms with Crippen molar-refractivity contribution < 1.29 is 27.5 Å². The van der Waals surface area contributed by atoms with Crippen LogP contribution in [0.5, 0.6) is 5.75 Å². The highest BCUT2D eigenvalue weighted by atomic mass is 32.1. The number of primary amides is 1. The summed E-state index contributed by atoms with van der Waals surface area (Å²) in [6.45, 7) is 4.41. The zero-order chi connectivity index (χ0) is 29.5. The van der Waals surface area contributed by atoms with Crippen molar-refractivity contribution in [3.05, 3.63) is 81.5 Å². The van der Waals surface area contributed by atoms with E-state index in [4.69, 9.17) is 14.9 Å². The molecule has 2 amide bonds. The maximum absolute atomic E-state index is 13.8. The third-order valence-corrected chi connectivity index (χ3v) is 8.50. The Morgan fingerprint density at radius 2 is 1.98 bits per heavy atom. The molecule has 0 fully saturated rings. The molecule has 0 radical (unpaired) electrons. The summed E-state index contributed by atoms with van der Waals surface area (Å²) in [5.41, 5.74) is 9.55. The smallest absolute Gasteiger partial charge is 0.291 e. The van der Waals surface area contributed by atoms with E-state index >= 15 is 0 Å². The van der Waals surface area contributed by atoms with Crippen molar-refractivity contribution in [1.29, 1.82) is 0 Å². The number of anilines is 1. The van der Waals surface area contributed by atoms with E-state index in [0.29, 0.717) is 28.8 Å². The summed E-state index contributed by atoms with van der Waals surface area (Å²) in [5, 5.41) is 7.38. The monoisotopic (exact) mass is 591 g/mol. The van der Waals surface area contributed by atoms with Crippen LogP contribution in [0.1, 0.15) is 68.3 Å². The summed E-state index contributed by atoms with van der Waals surface area (Å²) in [7, 11) is 0. The molecule has 5 aromatic rings. The van der Waals surface area contributed by atoms with Crippen LogP contribution in [0.25, 0.3) is 21.3 Å². The van der Waals surface area contributed by atoms with Crippen LogP contribution in [0.15, 0.2) is 47.0 Å². The minimum Gasteiger partial charge on any atom is -0.486 e. The van der Waals surface area contributed by atoms with Gasteiger partial charge in [-0.15, -0.1) is 11.3 Å². The molecular weight excluding hydrogens is 564 g/mol. The Morgan fingerprint density at radius 1 is 1.17 bits per heavy atom. The number of aryl methyl sites for hydroxylation is 3. The number of pyridine rings is 1. The van der Waals surface area contributed by atoms with Gasteiger partial charge in [0.25, 0.3) is 18.2 Å². The lowest BCUT2D eigenvalue weighted by Gasteiger charge is -2.10. The lowest BCUT2D eigenvalue weighted by atomic mass is 10.0. The largest absolute Gasteiger partial charge is 0.486 e. The van der Waals surface area contributed by atoms with Crippen molar-refractivity contribution in [3.63, 3.8) is 0 Å². The summed E-state index contributed by atoms with van der Waals surface area (Å²) in [6.07, 6.45) is 1.96. The first-order valence-corrected chi connectivity index (χ1v) is 14.3. The molecule has 0 unspecified atom stereocenters. The van der Waals surface area contributed by atoms with Crippen molar-refractivity contribution in [2.24, 2.45) is 5.73 Å². The number of ether oxygens (including phenoxy) is 1. The molecular formula is C30H27F2N5O4S. The van der Waals surface area contributed by atoms with Gasteiger partial charge in [-0.1, -0.05) is 6.07 Å². The first-order chi connectivity index (χ1) is 20.2. The molecule has 9 nitrogen and oxygen atoms in total. The van der Waals surface area contributed by atoms with Crippen LogP contribution in [-0.2, 0) is 26.0 Å². The van der Waals surface area contributed by atoms with E-state index in [-0.39, 0.29) is 27.8 Å². The molecule has 0 aliphatic heterocycles. The SMILES string of the molecule is CCn1ncc(-c2cc(C(F)F)nc3sc(C(N)=O)c(NC(=O)c4ccc(COc5ccc6c(c5)CCC6)o4)c23)c1C. The van der Waals surface area contributed by atoms with Crippen LogP contribution in [0.4, 0.5) is 14.5 Å². The quantitative estimate of drug-likeness (QED) is 0.203. The summed E-state index contributed by atoms with van der Waals surface area (Å²) in [5.74, 6) is -0.352. The van der Waals surface area contributed by atoms with Crippen molar-refractivity contribution >= 4 is 39.1 Å². The molecule has 216 valence electrons. The number of benzene rings is 1. The van der Waals surface area contributed by atoms with Crippen LogP contribution in [0, 0.1) is 6.92 Å². The molecule has 0 spiro atoms. The number of nitrogens with one attached hydrogen (secondary N) is 1. The van der Waals surface area contributed by atoms with Crippen LogP contribution in [-0.4, -0.2) is 26.6 Å². The minimum atomic E-state index is -2.85. The number of alkyl halides is 2. The lowest BCUT2D eigenvalue weighted by Crippen LogP contribution is -2.16. The van der Waals surface area contributed by atoms with Crippen LogP contribution in [0.2, 0.25) is 0 Å². The fourth-order valence-corrected chi connectivity index (χ4v) is 6.32. The number of fused-ring (bicyclic) bond motifs is 2. The predicted octanol–water partition coefficient (Wildman–Crippen LogP) is 6.44. The van der Waals surface area contributed by atoms with Gasteiger partial charge < -0.3 is 20.2 Å². The van der Waals surface area contributed by atoms with Gasteiger partial charge in [-0.3, -0.25) is 14.3 Å². The van der Waals surface area contributed by atoms with Gasteiger partial charge in [-0.05, 0) is 80.1 Å². The van der Waals surface area contributed by atoms with E-state index < -0.39 is 23.9 Å². The summed E-state index contributed by atoms with van der Waals surface area (Å²) in [4.78, 5) is 30.0. The van der Waals surface area contributed by atoms with Crippen molar-refractivity contribution in [2.75, 3.05) is 5.32 Å². The molecule has 0 saturated carbocycles. The number of nitrogens with zero attached hydrogens (tertiary/aromatic N) is 3. The molecule has 3 N–H and O–H groups in total. The zero-order valence-electron chi connectivity index (χ0n) is 22.9. The summed E-state index contributed by atoms with van der Waals surface area (Å²) < 4.78 is 41.0. The number of aromatic nitrogens is 3. The number of amides is 2. The topological polar surface area (TPSA) is 125 Å². The average molecular weight is 592 g/mol. The molecule has 1 aliphatic rings. The third-order valence-electron chi connectivity index (χ3n) is 7.40. The van der Waals surface area contributed by atoms with Gasteiger partial charge in [0.2, 0.25) is 0 Å². The first-order valence-electron chi connectivity index (χ1n) is 13.5. The van der Waals surface area contributed by atoms with Crippen LogP contribution < -0.4 is 15.8 Å². The number of hydrogen-bond donors (Lipinski definition) is 2. The molecule has 1 aromatic carbocycles. The number of carbonyl (C=O) groups is 2. The third kappa shape index (κ3) is 5.02. The maximum atomic E-state index is 13.8. The van der Waals surface area contributed by atoms with Gasteiger partial charge in [0, 0.05) is 23.2 Å². The maximum Gasteiger partial charge on any atom is 0.291 e. The Hall–Kier alpha value is -4.58. The van der Waals surface area contributed by atoms with E-state index in [9.17, 15) is 18.4 Å². The van der Waals surface area contributed by atoms with Gasteiger partial charge in [-0.2, -0.15) is 5.10 Å². The molecule has 4 aromatic heterocycles. The molecule has 4 heterocycles. The van der Waals surface area contributed by atoms with E-state index in [2.05, 4.69) is 21.5 Å². The van der Waals surface area contributed by atoms with Crippen LogP contribution >= 0.6 is 11.3 Å². The van der Waals surface area contributed by atoms with Gasteiger partial charge in [0.1, 0.15) is 33.5 Å². The number of furan rings is 1. The average Bonchev–Trinajstić information content (AvgIpc) is 3.77. The standard InChI is InChI=1S/C30H27F2N5O4S/c1-3-37-15(2)21(13-34-37)20-12-22(27(31)32)35-30-24(20)25(26(42-30)28(33)38)36-29(39)23-10-9-19(41-23)14-40-18-8-7-16-5-4-6-17(16)11-18/h7-13,27H,3-6,14H2,1-2H3,(H2,33,38)(H,36,39). The van der Waals surface area contributed by atoms with Crippen molar-refractivity contribution in [1.82, 2.24) is 14.8 Å². The fraction of sp³-hybridized carbons (Fsp3) is 0.267. The normalized spacial score (nSPS) is 12.7. The molecule has 0 saturated heterocycles. The van der Waals surface area contributed by atoms with Crippen molar-refractivity contribution in [3.8, 4) is 16.9 Å². The van der Waals surface area contributed by atoms with Gasteiger partial charge in [0.05, 0.1) is 11.9 Å².